The molecule has 5 nitrogen and oxygen atoms in total. The van der Waals surface area contributed by atoms with Crippen LogP contribution >= 0.6 is 0 Å². The van der Waals surface area contributed by atoms with Crippen LogP contribution < -0.4 is 0 Å². The first-order valence-corrected chi connectivity index (χ1v) is 17.0. The summed E-state index contributed by atoms with van der Waals surface area (Å²) in [6, 6.07) is 58.4. The van der Waals surface area contributed by atoms with Gasteiger partial charge < -0.3 is 4.42 Å². The second kappa shape index (κ2) is 11.9. The lowest BCUT2D eigenvalue weighted by molar-refractivity contribution is 0.620. The highest BCUT2D eigenvalue weighted by Gasteiger charge is 2.15. The SMILES string of the molecule is c1ccc(-c2nc3c(ccc4cc(-c5cccc(-c6nc(-c7ccc8ccccc8c7)nc(-c7ccc8ccccc8c7)n6)c5)ccc43)o2)cc1. The van der Waals surface area contributed by atoms with Gasteiger partial charge in [-0.25, -0.2) is 19.9 Å². The van der Waals surface area contributed by atoms with Gasteiger partial charge in [-0.15, -0.1) is 0 Å². The van der Waals surface area contributed by atoms with E-state index in [0.29, 0.717) is 23.4 Å². The maximum atomic E-state index is 6.14. The predicted octanol–water partition coefficient (Wildman–Crippen LogP) is 11.8. The number of nitrogens with zero attached hydrogens (tertiary/aromatic N) is 4. The van der Waals surface area contributed by atoms with E-state index in [1.54, 1.807) is 0 Å². The molecule has 0 saturated carbocycles. The van der Waals surface area contributed by atoms with E-state index >= 15 is 0 Å². The number of rotatable bonds is 5. The first kappa shape index (κ1) is 29.0. The predicted molar refractivity (Wildman–Crippen MR) is 207 cm³/mol. The summed E-state index contributed by atoms with van der Waals surface area (Å²) in [7, 11) is 0. The van der Waals surface area contributed by atoms with Crippen molar-refractivity contribution in [3.05, 3.63) is 170 Å². The van der Waals surface area contributed by atoms with Crippen LogP contribution in [-0.4, -0.2) is 19.9 Å². The number of oxazole rings is 1. The molecule has 0 aliphatic heterocycles. The molecule has 0 unspecified atom stereocenters. The van der Waals surface area contributed by atoms with E-state index in [9.17, 15) is 0 Å². The molecule has 0 atom stereocenters. The Hall–Kier alpha value is -6.98. The first-order chi connectivity index (χ1) is 25.2. The van der Waals surface area contributed by atoms with Crippen molar-refractivity contribution in [1.29, 1.82) is 0 Å². The van der Waals surface area contributed by atoms with Crippen LogP contribution in [-0.2, 0) is 0 Å². The fourth-order valence-electron chi connectivity index (χ4n) is 6.86. The molecule has 0 saturated heterocycles. The van der Waals surface area contributed by atoms with Crippen LogP contribution in [0.1, 0.15) is 0 Å². The second-order valence-electron chi connectivity index (χ2n) is 12.7. The van der Waals surface area contributed by atoms with Gasteiger partial charge in [0.2, 0.25) is 5.89 Å². The van der Waals surface area contributed by atoms with Gasteiger partial charge in [0.1, 0.15) is 5.52 Å². The van der Waals surface area contributed by atoms with E-state index in [1.165, 1.54) is 10.8 Å². The van der Waals surface area contributed by atoms with Gasteiger partial charge in [0, 0.05) is 27.6 Å². The lowest BCUT2D eigenvalue weighted by Crippen LogP contribution is -2.00. The summed E-state index contributed by atoms with van der Waals surface area (Å²) >= 11 is 0. The van der Waals surface area contributed by atoms with Crippen LogP contribution in [0.4, 0.5) is 0 Å². The number of fused-ring (bicyclic) bond motifs is 5. The normalized spacial score (nSPS) is 11.5. The molecule has 0 aliphatic carbocycles. The monoisotopic (exact) mass is 652 g/mol. The summed E-state index contributed by atoms with van der Waals surface area (Å²) in [4.78, 5) is 20.1. The Morgan fingerprint density at radius 1 is 0.314 bits per heavy atom. The number of aromatic nitrogens is 4. The summed E-state index contributed by atoms with van der Waals surface area (Å²) in [5, 5.41) is 6.78. The van der Waals surface area contributed by atoms with Gasteiger partial charge in [-0.3, -0.25) is 0 Å². The molecule has 0 radical (unpaired) electrons. The molecule has 2 aromatic heterocycles. The molecule has 0 N–H and O–H groups in total. The number of hydrogen-bond donors (Lipinski definition) is 0. The maximum Gasteiger partial charge on any atom is 0.227 e. The van der Waals surface area contributed by atoms with Gasteiger partial charge >= 0.3 is 0 Å². The minimum atomic E-state index is 0.622. The van der Waals surface area contributed by atoms with Crippen molar-refractivity contribution in [3.8, 4) is 56.7 Å². The summed E-state index contributed by atoms with van der Waals surface area (Å²) in [5.74, 6) is 2.52. The van der Waals surface area contributed by atoms with Gasteiger partial charge in [0.05, 0.1) is 0 Å². The van der Waals surface area contributed by atoms with Crippen LogP contribution in [0.3, 0.4) is 0 Å². The fraction of sp³-hybridized carbons (Fsp3) is 0. The van der Waals surface area contributed by atoms with Crippen LogP contribution in [0.25, 0.3) is 100 Å². The lowest BCUT2D eigenvalue weighted by Gasteiger charge is -2.11. The van der Waals surface area contributed by atoms with Crippen molar-refractivity contribution in [2.75, 3.05) is 0 Å². The zero-order valence-corrected chi connectivity index (χ0v) is 27.4. The first-order valence-electron chi connectivity index (χ1n) is 17.0. The Bertz CT molecular complexity index is 2830. The largest absolute Gasteiger partial charge is 0.436 e. The topological polar surface area (TPSA) is 64.7 Å². The minimum absolute atomic E-state index is 0.622. The molecule has 0 amide bonds. The standard InChI is InChI=1S/C46H28N4O/c1-2-11-31(12-3-1)46-47-42-40-23-21-35(25-36(40)22-24-41(42)51-46)34-15-8-16-37(28-34)43-48-44(38-19-17-29-9-4-6-13-32(29)26-38)50-45(49-43)39-20-18-30-10-5-7-14-33(30)27-39/h1-28H. The molecule has 2 heterocycles. The van der Waals surface area contributed by atoms with E-state index in [1.807, 2.05) is 36.4 Å². The number of benzene rings is 8. The minimum Gasteiger partial charge on any atom is -0.436 e. The quantitative estimate of drug-likeness (QED) is 0.185. The zero-order chi connectivity index (χ0) is 33.7. The molecule has 0 aliphatic rings. The molecule has 0 bridgehead atoms. The summed E-state index contributed by atoms with van der Waals surface area (Å²) in [6.07, 6.45) is 0. The molecule has 10 rings (SSSR count). The Labute approximate surface area is 293 Å². The van der Waals surface area contributed by atoms with E-state index in [0.717, 1.165) is 66.0 Å². The van der Waals surface area contributed by atoms with Crippen molar-refractivity contribution in [1.82, 2.24) is 19.9 Å². The fourth-order valence-corrected chi connectivity index (χ4v) is 6.86. The van der Waals surface area contributed by atoms with Crippen LogP contribution in [0.5, 0.6) is 0 Å². The average Bonchev–Trinajstić information content (AvgIpc) is 3.66. The smallest absolute Gasteiger partial charge is 0.227 e. The number of hydrogen-bond acceptors (Lipinski definition) is 5. The van der Waals surface area contributed by atoms with E-state index in [2.05, 4.69) is 133 Å². The van der Waals surface area contributed by atoms with Crippen molar-refractivity contribution in [3.63, 3.8) is 0 Å². The van der Waals surface area contributed by atoms with Gasteiger partial charge in [-0.2, -0.15) is 0 Å². The Balaban J connectivity index is 1.08. The van der Waals surface area contributed by atoms with Gasteiger partial charge in [0.15, 0.2) is 23.1 Å². The average molecular weight is 653 g/mol. The van der Waals surface area contributed by atoms with Crippen molar-refractivity contribution in [2.24, 2.45) is 0 Å². The second-order valence-corrected chi connectivity index (χ2v) is 12.7. The third-order valence-electron chi connectivity index (χ3n) is 9.50. The Kier molecular flexibility index (Phi) is 6.74. The van der Waals surface area contributed by atoms with E-state index in [4.69, 9.17) is 24.4 Å². The zero-order valence-electron chi connectivity index (χ0n) is 27.4. The molecule has 238 valence electrons. The van der Waals surface area contributed by atoms with E-state index in [-0.39, 0.29) is 0 Å². The summed E-state index contributed by atoms with van der Waals surface area (Å²) in [5.41, 5.74) is 7.56. The molecule has 0 spiro atoms. The Morgan fingerprint density at radius 3 is 1.47 bits per heavy atom. The van der Waals surface area contributed by atoms with Gasteiger partial charge in [-0.1, -0.05) is 127 Å². The van der Waals surface area contributed by atoms with Gasteiger partial charge in [0.25, 0.3) is 0 Å². The molecule has 5 heteroatoms. The third kappa shape index (κ3) is 5.29. The highest BCUT2D eigenvalue weighted by Crippen LogP contribution is 2.34. The lowest BCUT2D eigenvalue weighted by atomic mass is 9.99. The molecule has 10 aromatic rings. The third-order valence-corrected chi connectivity index (χ3v) is 9.50. The van der Waals surface area contributed by atoms with Crippen molar-refractivity contribution in [2.45, 2.75) is 0 Å². The molecular weight excluding hydrogens is 625 g/mol. The highest BCUT2D eigenvalue weighted by molar-refractivity contribution is 6.05. The highest BCUT2D eigenvalue weighted by atomic mass is 16.3. The Morgan fingerprint density at radius 2 is 0.804 bits per heavy atom. The van der Waals surface area contributed by atoms with Crippen LogP contribution in [0.15, 0.2) is 174 Å². The van der Waals surface area contributed by atoms with Crippen molar-refractivity contribution < 1.29 is 4.42 Å². The summed E-state index contributed by atoms with van der Waals surface area (Å²) in [6.45, 7) is 0. The van der Waals surface area contributed by atoms with E-state index < -0.39 is 0 Å². The molecule has 0 fully saturated rings. The van der Waals surface area contributed by atoms with Crippen LogP contribution in [0, 0.1) is 0 Å². The van der Waals surface area contributed by atoms with Gasteiger partial charge in [-0.05, 0) is 80.5 Å². The maximum absolute atomic E-state index is 6.14. The molecule has 8 aromatic carbocycles. The molecular formula is C46H28N4O. The van der Waals surface area contributed by atoms with Crippen molar-refractivity contribution >= 4 is 43.4 Å². The summed E-state index contributed by atoms with van der Waals surface area (Å²) < 4.78 is 6.14. The molecule has 51 heavy (non-hydrogen) atoms. The van der Waals surface area contributed by atoms with Crippen LogP contribution in [0.2, 0.25) is 0 Å².